The number of hydrogen-bond acceptors (Lipinski definition) is 7. The number of esters is 1. The van der Waals surface area contributed by atoms with E-state index in [0.717, 1.165) is 0 Å². The van der Waals surface area contributed by atoms with Gasteiger partial charge >= 0.3 is 5.97 Å². The van der Waals surface area contributed by atoms with Gasteiger partial charge in [0, 0.05) is 12.1 Å². The van der Waals surface area contributed by atoms with E-state index < -0.39 is 22.8 Å². The summed E-state index contributed by atoms with van der Waals surface area (Å²) in [4.78, 5) is 34.9. The molecule has 9 nitrogen and oxygen atoms in total. The SMILES string of the molecule is COC(=O)CC(NC(=O)/C=C/c1ccccc1[N+](=O)[O-])c1ccc(OC)c(OC)c1. The Kier molecular flexibility index (Phi) is 7.92. The number of methoxy groups -OCH3 is 3. The fraction of sp³-hybridized carbons (Fsp3) is 0.238. The van der Waals surface area contributed by atoms with Crippen LogP contribution in [0.5, 0.6) is 11.5 Å². The van der Waals surface area contributed by atoms with Gasteiger partial charge in [-0.25, -0.2) is 0 Å². The molecule has 0 radical (unpaired) electrons. The lowest BCUT2D eigenvalue weighted by Crippen LogP contribution is -2.29. The predicted molar refractivity (Wildman–Crippen MR) is 109 cm³/mol. The van der Waals surface area contributed by atoms with Crippen molar-refractivity contribution in [1.29, 1.82) is 0 Å². The molecule has 0 saturated carbocycles. The second-order valence-electron chi connectivity index (χ2n) is 6.11. The minimum Gasteiger partial charge on any atom is -0.493 e. The van der Waals surface area contributed by atoms with E-state index in [0.29, 0.717) is 17.1 Å². The Morgan fingerprint density at radius 3 is 2.43 bits per heavy atom. The largest absolute Gasteiger partial charge is 0.493 e. The number of ether oxygens (including phenoxy) is 3. The molecule has 1 atom stereocenters. The first kappa shape index (κ1) is 22.4. The zero-order valence-corrected chi connectivity index (χ0v) is 16.8. The molecule has 0 saturated heterocycles. The summed E-state index contributed by atoms with van der Waals surface area (Å²) in [6, 6.07) is 10.4. The first-order valence-corrected chi connectivity index (χ1v) is 8.90. The molecular weight excluding hydrogens is 392 g/mol. The van der Waals surface area contributed by atoms with E-state index in [-0.39, 0.29) is 17.7 Å². The number of nitrogens with one attached hydrogen (secondary N) is 1. The average Bonchev–Trinajstić information content (AvgIpc) is 2.76. The lowest BCUT2D eigenvalue weighted by atomic mass is 10.0. The summed E-state index contributed by atoms with van der Waals surface area (Å²) in [5.41, 5.74) is 0.770. The van der Waals surface area contributed by atoms with Crippen LogP contribution >= 0.6 is 0 Å². The third-order valence-corrected chi connectivity index (χ3v) is 4.27. The van der Waals surface area contributed by atoms with E-state index in [9.17, 15) is 19.7 Å². The van der Waals surface area contributed by atoms with Crippen LogP contribution in [0.25, 0.3) is 6.08 Å². The lowest BCUT2D eigenvalue weighted by molar-refractivity contribution is -0.385. The second kappa shape index (κ2) is 10.6. The fourth-order valence-electron chi connectivity index (χ4n) is 2.75. The number of benzene rings is 2. The fourth-order valence-corrected chi connectivity index (χ4v) is 2.75. The van der Waals surface area contributed by atoms with Crippen molar-refractivity contribution >= 4 is 23.6 Å². The van der Waals surface area contributed by atoms with Crippen LogP contribution in [0.3, 0.4) is 0 Å². The van der Waals surface area contributed by atoms with Crippen LogP contribution in [0, 0.1) is 10.1 Å². The van der Waals surface area contributed by atoms with E-state index in [2.05, 4.69) is 5.32 Å². The van der Waals surface area contributed by atoms with Crippen molar-refractivity contribution in [2.75, 3.05) is 21.3 Å². The lowest BCUT2D eigenvalue weighted by Gasteiger charge is -2.19. The summed E-state index contributed by atoms with van der Waals surface area (Å²) < 4.78 is 15.2. The number of nitro groups is 1. The Bertz CT molecular complexity index is 956. The molecule has 0 bridgehead atoms. The molecule has 0 aromatic heterocycles. The number of carbonyl (C=O) groups excluding carboxylic acids is 2. The molecule has 0 aliphatic heterocycles. The maximum atomic E-state index is 12.5. The van der Waals surface area contributed by atoms with Gasteiger partial charge in [0.05, 0.1) is 44.3 Å². The van der Waals surface area contributed by atoms with Crippen LogP contribution in [0.15, 0.2) is 48.5 Å². The van der Waals surface area contributed by atoms with Crippen molar-refractivity contribution in [2.24, 2.45) is 0 Å². The highest BCUT2D eigenvalue weighted by atomic mass is 16.6. The summed E-state index contributed by atoms with van der Waals surface area (Å²) in [6.45, 7) is 0. The Labute approximate surface area is 173 Å². The monoisotopic (exact) mass is 414 g/mol. The van der Waals surface area contributed by atoms with Gasteiger partial charge in [-0.05, 0) is 29.8 Å². The quantitative estimate of drug-likeness (QED) is 0.290. The first-order valence-electron chi connectivity index (χ1n) is 8.90. The summed E-state index contributed by atoms with van der Waals surface area (Å²) in [5.74, 6) is -0.107. The van der Waals surface area contributed by atoms with E-state index >= 15 is 0 Å². The molecule has 158 valence electrons. The Hall–Kier alpha value is -3.88. The summed E-state index contributed by atoms with van der Waals surface area (Å²) in [7, 11) is 4.23. The Morgan fingerprint density at radius 1 is 1.10 bits per heavy atom. The van der Waals surface area contributed by atoms with Crippen LogP contribution in [0.1, 0.15) is 23.6 Å². The topological polar surface area (TPSA) is 117 Å². The zero-order chi connectivity index (χ0) is 22.1. The van der Waals surface area contributed by atoms with Crippen molar-refractivity contribution in [1.82, 2.24) is 5.32 Å². The number of nitro benzene ring substituents is 1. The highest BCUT2D eigenvalue weighted by Gasteiger charge is 2.20. The van der Waals surface area contributed by atoms with Gasteiger partial charge in [0.25, 0.3) is 5.69 Å². The minimum absolute atomic E-state index is 0.114. The standard InChI is InChI=1S/C21H22N2O7/c1-28-18-10-8-15(12-19(18)29-2)16(13-21(25)30-3)22-20(24)11-9-14-6-4-5-7-17(14)23(26)27/h4-12,16H,13H2,1-3H3,(H,22,24)/b11-9+. The van der Waals surface area contributed by atoms with Gasteiger partial charge in [0.1, 0.15) is 0 Å². The van der Waals surface area contributed by atoms with Gasteiger partial charge in [-0.3, -0.25) is 19.7 Å². The van der Waals surface area contributed by atoms with E-state index in [4.69, 9.17) is 14.2 Å². The molecule has 2 rings (SSSR count). The van der Waals surface area contributed by atoms with Gasteiger partial charge in [-0.1, -0.05) is 18.2 Å². The maximum absolute atomic E-state index is 12.5. The van der Waals surface area contributed by atoms with Crippen molar-refractivity contribution in [3.63, 3.8) is 0 Å². The van der Waals surface area contributed by atoms with Gasteiger partial charge in [0.2, 0.25) is 5.91 Å². The number of hydrogen-bond donors (Lipinski definition) is 1. The first-order chi connectivity index (χ1) is 14.4. The minimum atomic E-state index is -0.708. The molecule has 2 aromatic rings. The van der Waals surface area contributed by atoms with Crippen LogP contribution < -0.4 is 14.8 Å². The van der Waals surface area contributed by atoms with Crippen molar-refractivity contribution in [3.05, 3.63) is 69.8 Å². The molecule has 0 heterocycles. The van der Waals surface area contributed by atoms with Crippen molar-refractivity contribution in [3.8, 4) is 11.5 Å². The molecule has 1 N–H and O–H groups in total. The molecule has 9 heteroatoms. The Morgan fingerprint density at radius 2 is 1.80 bits per heavy atom. The van der Waals surface area contributed by atoms with Gasteiger partial charge in [-0.15, -0.1) is 0 Å². The third-order valence-electron chi connectivity index (χ3n) is 4.27. The van der Waals surface area contributed by atoms with E-state index in [1.165, 1.54) is 45.6 Å². The molecule has 1 amide bonds. The number of amides is 1. The predicted octanol–water partition coefficient (Wildman–Crippen LogP) is 3.05. The third kappa shape index (κ3) is 5.81. The van der Waals surface area contributed by atoms with Crippen LogP contribution in [-0.4, -0.2) is 38.1 Å². The molecule has 0 aliphatic rings. The van der Waals surface area contributed by atoms with Crippen LogP contribution in [0.2, 0.25) is 0 Å². The molecule has 0 fully saturated rings. The van der Waals surface area contributed by atoms with Crippen LogP contribution in [0.4, 0.5) is 5.69 Å². The van der Waals surface area contributed by atoms with E-state index in [1.54, 1.807) is 30.3 Å². The number of nitrogens with zero attached hydrogens (tertiary/aromatic N) is 1. The second-order valence-corrected chi connectivity index (χ2v) is 6.11. The van der Waals surface area contributed by atoms with E-state index in [1.807, 2.05) is 0 Å². The van der Waals surface area contributed by atoms with Crippen molar-refractivity contribution < 1.29 is 28.7 Å². The van der Waals surface area contributed by atoms with Crippen LogP contribution in [-0.2, 0) is 14.3 Å². The highest BCUT2D eigenvalue weighted by Crippen LogP contribution is 2.31. The highest BCUT2D eigenvalue weighted by molar-refractivity contribution is 5.93. The van der Waals surface area contributed by atoms with Crippen molar-refractivity contribution in [2.45, 2.75) is 12.5 Å². The summed E-state index contributed by atoms with van der Waals surface area (Å²) in [6.07, 6.45) is 2.40. The van der Waals surface area contributed by atoms with Gasteiger partial charge in [0.15, 0.2) is 11.5 Å². The van der Waals surface area contributed by atoms with Gasteiger partial charge in [-0.2, -0.15) is 0 Å². The average molecular weight is 414 g/mol. The smallest absolute Gasteiger partial charge is 0.307 e. The molecule has 30 heavy (non-hydrogen) atoms. The molecule has 0 spiro atoms. The molecule has 0 aliphatic carbocycles. The molecule has 2 aromatic carbocycles. The van der Waals surface area contributed by atoms with Gasteiger partial charge < -0.3 is 19.5 Å². The zero-order valence-electron chi connectivity index (χ0n) is 16.8. The maximum Gasteiger partial charge on any atom is 0.307 e. The number of rotatable bonds is 9. The molecular formula is C21H22N2O7. The summed E-state index contributed by atoms with van der Waals surface area (Å²) in [5, 5.41) is 13.8. The normalized spacial score (nSPS) is 11.6. The molecule has 1 unspecified atom stereocenters. The Balaban J connectivity index is 2.25. The summed E-state index contributed by atoms with van der Waals surface area (Å²) >= 11 is 0. The number of para-hydroxylation sites is 1. The number of carbonyl (C=O) groups is 2.